The Labute approximate surface area is 105 Å². The van der Waals surface area contributed by atoms with Crippen LogP contribution in [0.5, 0.6) is 0 Å². The zero-order valence-electron chi connectivity index (χ0n) is 10.2. The number of rotatable bonds is 5. The number of anilines is 1. The van der Waals surface area contributed by atoms with Crippen LogP contribution in [0.15, 0.2) is 12.4 Å². The van der Waals surface area contributed by atoms with Crippen LogP contribution in [0.1, 0.15) is 31.3 Å². The molecular formula is C11H17N3O2S. The van der Waals surface area contributed by atoms with E-state index in [1.165, 1.54) is 12.4 Å². The van der Waals surface area contributed by atoms with Gasteiger partial charge in [-0.3, -0.25) is 0 Å². The molecule has 0 spiro atoms. The van der Waals surface area contributed by atoms with Gasteiger partial charge in [0.1, 0.15) is 5.82 Å². The largest absolute Gasteiger partial charge is 0.476 e. The van der Waals surface area contributed by atoms with Gasteiger partial charge in [0.2, 0.25) is 0 Å². The number of hydrogen-bond acceptors (Lipinski definition) is 5. The molecule has 1 aromatic rings. The van der Waals surface area contributed by atoms with Crippen molar-refractivity contribution >= 4 is 23.5 Å². The van der Waals surface area contributed by atoms with Crippen molar-refractivity contribution in [3.05, 3.63) is 18.1 Å². The lowest BCUT2D eigenvalue weighted by molar-refractivity contribution is 0.0690. The summed E-state index contributed by atoms with van der Waals surface area (Å²) in [4.78, 5) is 18.3. The molecule has 0 amide bonds. The first-order valence-electron chi connectivity index (χ1n) is 5.32. The third-order valence-electron chi connectivity index (χ3n) is 1.81. The molecule has 0 unspecified atom stereocenters. The van der Waals surface area contributed by atoms with E-state index in [4.69, 9.17) is 5.11 Å². The molecule has 6 heteroatoms. The van der Waals surface area contributed by atoms with E-state index in [0.717, 1.165) is 12.3 Å². The van der Waals surface area contributed by atoms with E-state index in [2.05, 4.69) is 36.1 Å². The third kappa shape index (κ3) is 5.53. The monoisotopic (exact) mass is 255 g/mol. The van der Waals surface area contributed by atoms with Crippen LogP contribution in [-0.4, -0.2) is 38.1 Å². The zero-order chi connectivity index (χ0) is 12.9. The highest BCUT2D eigenvalue weighted by molar-refractivity contribution is 8.00. The number of nitrogens with one attached hydrogen (secondary N) is 1. The predicted molar refractivity (Wildman–Crippen MR) is 69.7 cm³/mol. The molecule has 0 saturated heterocycles. The number of aromatic nitrogens is 2. The average molecular weight is 255 g/mol. The van der Waals surface area contributed by atoms with E-state index >= 15 is 0 Å². The van der Waals surface area contributed by atoms with Gasteiger partial charge in [-0.1, -0.05) is 20.8 Å². The summed E-state index contributed by atoms with van der Waals surface area (Å²) in [6.45, 7) is 7.28. The minimum Gasteiger partial charge on any atom is -0.476 e. The molecule has 1 rings (SSSR count). The lowest BCUT2D eigenvalue weighted by Gasteiger charge is -2.17. The molecule has 5 nitrogen and oxygen atoms in total. The normalized spacial score (nSPS) is 11.2. The molecule has 0 aliphatic carbocycles. The van der Waals surface area contributed by atoms with Crippen molar-refractivity contribution in [2.75, 3.05) is 17.6 Å². The minimum absolute atomic E-state index is 0.0420. The molecule has 1 heterocycles. The summed E-state index contributed by atoms with van der Waals surface area (Å²) in [7, 11) is 0. The van der Waals surface area contributed by atoms with E-state index < -0.39 is 5.97 Å². The maximum absolute atomic E-state index is 10.6. The summed E-state index contributed by atoms with van der Waals surface area (Å²) in [6.07, 6.45) is 2.69. The van der Waals surface area contributed by atoms with Crippen LogP contribution < -0.4 is 5.32 Å². The van der Waals surface area contributed by atoms with Crippen molar-refractivity contribution in [3.8, 4) is 0 Å². The second-order valence-corrected chi connectivity index (χ2v) is 6.40. The molecule has 0 radical (unpaired) electrons. The SMILES string of the molecule is CC(C)(C)SCCNc1cnc(C(=O)O)cn1. The Morgan fingerprint density at radius 3 is 2.59 bits per heavy atom. The molecule has 1 aromatic heterocycles. The van der Waals surface area contributed by atoms with Crippen LogP contribution in [-0.2, 0) is 0 Å². The van der Waals surface area contributed by atoms with Crippen LogP contribution in [0, 0.1) is 0 Å². The number of carboxylic acids is 1. The minimum atomic E-state index is -1.06. The molecule has 17 heavy (non-hydrogen) atoms. The fraction of sp³-hybridized carbons (Fsp3) is 0.545. The number of thioether (sulfide) groups is 1. The van der Waals surface area contributed by atoms with Crippen molar-refractivity contribution in [2.45, 2.75) is 25.5 Å². The summed E-state index contributed by atoms with van der Waals surface area (Å²) >= 11 is 1.86. The molecule has 0 aliphatic rings. The number of carbonyl (C=O) groups is 1. The number of aromatic carboxylic acids is 1. The highest BCUT2D eigenvalue weighted by Crippen LogP contribution is 2.22. The van der Waals surface area contributed by atoms with Gasteiger partial charge in [0.25, 0.3) is 0 Å². The van der Waals surface area contributed by atoms with Crippen molar-refractivity contribution in [1.29, 1.82) is 0 Å². The van der Waals surface area contributed by atoms with Gasteiger partial charge in [-0.2, -0.15) is 11.8 Å². The first-order valence-corrected chi connectivity index (χ1v) is 6.30. The number of nitrogens with zero attached hydrogens (tertiary/aromatic N) is 2. The van der Waals surface area contributed by atoms with Crippen molar-refractivity contribution in [2.24, 2.45) is 0 Å². The molecule has 0 aromatic carbocycles. The van der Waals surface area contributed by atoms with Gasteiger partial charge in [-0.15, -0.1) is 0 Å². The summed E-state index contributed by atoms with van der Waals surface area (Å²) in [6, 6.07) is 0. The smallest absolute Gasteiger partial charge is 0.356 e. The van der Waals surface area contributed by atoms with Crippen LogP contribution in [0.2, 0.25) is 0 Å². The lowest BCUT2D eigenvalue weighted by atomic mass is 10.3. The van der Waals surface area contributed by atoms with Crippen molar-refractivity contribution in [3.63, 3.8) is 0 Å². The Bertz CT molecular complexity index is 373. The van der Waals surface area contributed by atoms with E-state index in [1.54, 1.807) is 0 Å². The second kappa shape index (κ2) is 5.86. The predicted octanol–water partition coefficient (Wildman–Crippen LogP) is 2.12. The van der Waals surface area contributed by atoms with Crippen LogP contribution >= 0.6 is 11.8 Å². The molecule has 0 fully saturated rings. The number of hydrogen-bond donors (Lipinski definition) is 2. The highest BCUT2D eigenvalue weighted by atomic mass is 32.2. The fourth-order valence-electron chi connectivity index (χ4n) is 1.07. The molecule has 0 saturated carbocycles. The molecular weight excluding hydrogens is 238 g/mol. The van der Waals surface area contributed by atoms with Crippen molar-refractivity contribution in [1.82, 2.24) is 9.97 Å². The van der Waals surface area contributed by atoms with Gasteiger partial charge in [0, 0.05) is 17.0 Å². The average Bonchev–Trinajstić information content (AvgIpc) is 2.24. The standard InChI is InChI=1S/C11H17N3O2S/c1-11(2,3)17-5-4-12-9-7-13-8(6-14-9)10(15)16/h6-7H,4-5H2,1-3H3,(H,12,14)(H,15,16). The molecule has 0 aliphatic heterocycles. The van der Waals surface area contributed by atoms with E-state index in [9.17, 15) is 4.79 Å². The first-order chi connectivity index (χ1) is 7.88. The van der Waals surface area contributed by atoms with Gasteiger partial charge in [-0.05, 0) is 0 Å². The van der Waals surface area contributed by atoms with Gasteiger partial charge in [-0.25, -0.2) is 14.8 Å². The maximum Gasteiger partial charge on any atom is 0.356 e. The van der Waals surface area contributed by atoms with Gasteiger partial charge in [0.15, 0.2) is 5.69 Å². The Morgan fingerprint density at radius 2 is 2.12 bits per heavy atom. The highest BCUT2D eigenvalue weighted by Gasteiger charge is 2.09. The van der Waals surface area contributed by atoms with Crippen LogP contribution in [0.4, 0.5) is 5.82 Å². The molecule has 0 atom stereocenters. The quantitative estimate of drug-likeness (QED) is 0.785. The molecule has 0 bridgehead atoms. The number of carboxylic acid groups (broad SMARTS) is 1. The van der Waals surface area contributed by atoms with Crippen LogP contribution in [0.25, 0.3) is 0 Å². The van der Waals surface area contributed by atoms with Crippen LogP contribution in [0.3, 0.4) is 0 Å². The topological polar surface area (TPSA) is 75.1 Å². The van der Waals surface area contributed by atoms with Gasteiger partial charge < -0.3 is 10.4 Å². The first kappa shape index (κ1) is 13.8. The molecule has 2 N–H and O–H groups in total. The second-order valence-electron chi connectivity index (χ2n) is 4.48. The summed E-state index contributed by atoms with van der Waals surface area (Å²) in [5.41, 5.74) is -0.0420. The Balaban J connectivity index is 2.35. The Morgan fingerprint density at radius 1 is 1.41 bits per heavy atom. The van der Waals surface area contributed by atoms with Crippen molar-refractivity contribution < 1.29 is 9.90 Å². The molecule has 94 valence electrons. The van der Waals surface area contributed by atoms with Gasteiger partial charge >= 0.3 is 5.97 Å². The summed E-state index contributed by atoms with van der Waals surface area (Å²) < 4.78 is 0.251. The zero-order valence-corrected chi connectivity index (χ0v) is 11.0. The summed E-state index contributed by atoms with van der Waals surface area (Å²) in [5, 5.41) is 11.7. The van der Waals surface area contributed by atoms with E-state index in [1.807, 2.05) is 11.8 Å². The maximum atomic E-state index is 10.6. The van der Waals surface area contributed by atoms with Gasteiger partial charge in [0.05, 0.1) is 12.4 Å². The Hall–Kier alpha value is -1.30. The lowest BCUT2D eigenvalue weighted by Crippen LogP contribution is -2.13. The third-order valence-corrected chi connectivity index (χ3v) is 3.09. The fourth-order valence-corrected chi connectivity index (χ4v) is 1.88. The van der Waals surface area contributed by atoms with E-state index in [0.29, 0.717) is 5.82 Å². The Kier molecular flexibility index (Phi) is 4.74. The van der Waals surface area contributed by atoms with E-state index in [-0.39, 0.29) is 10.4 Å². The summed E-state index contributed by atoms with van der Waals surface area (Å²) in [5.74, 6) is 0.503.